The molecule has 4 heterocycles. The molecular formula is C20H25N7O. The van der Waals surface area contributed by atoms with Crippen molar-refractivity contribution >= 4 is 5.95 Å². The fraction of sp³-hybridized carbons (Fsp3) is 0.450. The highest BCUT2D eigenvalue weighted by molar-refractivity contribution is 5.47. The maximum atomic E-state index is 5.34. The van der Waals surface area contributed by atoms with Crippen LogP contribution in [-0.2, 0) is 6.42 Å². The van der Waals surface area contributed by atoms with Crippen molar-refractivity contribution in [2.24, 2.45) is 0 Å². The third-order valence-corrected chi connectivity index (χ3v) is 4.88. The van der Waals surface area contributed by atoms with Crippen molar-refractivity contribution in [2.45, 2.75) is 39.2 Å². The van der Waals surface area contributed by atoms with E-state index >= 15 is 0 Å². The average Bonchev–Trinajstić information content (AvgIpc) is 3.17. The molecule has 1 aliphatic rings. The van der Waals surface area contributed by atoms with E-state index in [0.717, 1.165) is 55.5 Å². The minimum Gasteiger partial charge on any atom is -0.341 e. The SMILES string of the molecule is Cc1cc(C)nc(N2CCC(NCCc3nc(-c4ccccn4)no3)CC2)n1. The quantitative estimate of drug-likeness (QED) is 0.698. The second-order valence-electron chi connectivity index (χ2n) is 7.14. The van der Waals surface area contributed by atoms with Crippen molar-refractivity contribution in [1.29, 1.82) is 0 Å². The number of nitrogens with one attached hydrogen (secondary N) is 1. The highest BCUT2D eigenvalue weighted by Gasteiger charge is 2.21. The molecule has 0 unspecified atom stereocenters. The van der Waals surface area contributed by atoms with E-state index in [2.05, 4.69) is 35.3 Å². The second kappa shape index (κ2) is 8.43. The molecule has 28 heavy (non-hydrogen) atoms. The predicted molar refractivity (Wildman–Crippen MR) is 106 cm³/mol. The fourth-order valence-electron chi connectivity index (χ4n) is 3.47. The van der Waals surface area contributed by atoms with Crippen LogP contribution in [0.15, 0.2) is 35.0 Å². The first kappa shape index (κ1) is 18.5. The van der Waals surface area contributed by atoms with E-state index in [1.165, 1.54) is 0 Å². The first-order valence-electron chi connectivity index (χ1n) is 9.72. The van der Waals surface area contributed by atoms with Crippen LogP contribution in [0.1, 0.15) is 30.1 Å². The molecule has 0 spiro atoms. The predicted octanol–water partition coefficient (Wildman–Crippen LogP) is 2.34. The summed E-state index contributed by atoms with van der Waals surface area (Å²) in [4.78, 5) is 20.1. The van der Waals surface area contributed by atoms with Gasteiger partial charge in [-0.2, -0.15) is 4.98 Å². The van der Waals surface area contributed by atoms with Gasteiger partial charge in [-0.3, -0.25) is 4.98 Å². The Hall–Kier alpha value is -2.87. The Kier molecular flexibility index (Phi) is 5.57. The monoisotopic (exact) mass is 379 g/mol. The van der Waals surface area contributed by atoms with Gasteiger partial charge in [0, 0.05) is 49.7 Å². The number of aromatic nitrogens is 5. The third-order valence-electron chi connectivity index (χ3n) is 4.88. The molecule has 3 aromatic rings. The van der Waals surface area contributed by atoms with Gasteiger partial charge in [0.15, 0.2) is 0 Å². The van der Waals surface area contributed by atoms with E-state index in [4.69, 9.17) is 4.52 Å². The van der Waals surface area contributed by atoms with Crippen LogP contribution in [0.25, 0.3) is 11.5 Å². The number of rotatable bonds is 6. The molecule has 0 bridgehead atoms. The van der Waals surface area contributed by atoms with Crippen molar-refractivity contribution in [3.8, 4) is 11.5 Å². The van der Waals surface area contributed by atoms with Crippen molar-refractivity contribution in [3.63, 3.8) is 0 Å². The molecule has 1 N–H and O–H groups in total. The molecule has 0 atom stereocenters. The molecule has 8 nitrogen and oxygen atoms in total. The van der Waals surface area contributed by atoms with E-state index in [-0.39, 0.29) is 0 Å². The summed E-state index contributed by atoms with van der Waals surface area (Å²) in [5.41, 5.74) is 2.77. The summed E-state index contributed by atoms with van der Waals surface area (Å²) >= 11 is 0. The molecule has 0 amide bonds. The van der Waals surface area contributed by atoms with E-state index in [0.29, 0.717) is 24.2 Å². The first-order chi connectivity index (χ1) is 13.7. The summed E-state index contributed by atoms with van der Waals surface area (Å²) in [5, 5.41) is 7.62. The largest absolute Gasteiger partial charge is 0.341 e. The number of aryl methyl sites for hydroxylation is 2. The minimum absolute atomic E-state index is 0.486. The second-order valence-corrected chi connectivity index (χ2v) is 7.14. The van der Waals surface area contributed by atoms with Crippen molar-refractivity contribution in [3.05, 3.63) is 47.7 Å². The molecule has 0 aliphatic carbocycles. The van der Waals surface area contributed by atoms with Gasteiger partial charge in [0.2, 0.25) is 17.7 Å². The smallest absolute Gasteiger partial charge is 0.228 e. The first-order valence-corrected chi connectivity index (χ1v) is 9.72. The minimum atomic E-state index is 0.486. The lowest BCUT2D eigenvalue weighted by Gasteiger charge is -2.32. The van der Waals surface area contributed by atoms with E-state index in [9.17, 15) is 0 Å². The summed E-state index contributed by atoms with van der Waals surface area (Å²) in [6, 6.07) is 8.15. The average molecular weight is 379 g/mol. The maximum absolute atomic E-state index is 5.34. The van der Waals surface area contributed by atoms with Gasteiger partial charge in [-0.1, -0.05) is 11.2 Å². The molecule has 0 aromatic carbocycles. The van der Waals surface area contributed by atoms with Gasteiger partial charge in [-0.15, -0.1) is 0 Å². The van der Waals surface area contributed by atoms with E-state index in [1.807, 2.05) is 38.1 Å². The molecule has 4 rings (SSSR count). The molecule has 0 radical (unpaired) electrons. The zero-order valence-corrected chi connectivity index (χ0v) is 16.3. The Bertz CT molecular complexity index is 884. The summed E-state index contributed by atoms with van der Waals surface area (Å²) < 4.78 is 5.34. The molecule has 146 valence electrons. The summed E-state index contributed by atoms with van der Waals surface area (Å²) in [6.07, 6.45) is 4.57. The van der Waals surface area contributed by atoms with Crippen LogP contribution in [0.3, 0.4) is 0 Å². The van der Waals surface area contributed by atoms with Crippen LogP contribution < -0.4 is 10.2 Å². The number of nitrogens with zero attached hydrogens (tertiary/aromatic N) is 6. The van der Waals surface area contributed by atoms with Gasteiger partial charge in [-0.05, 0) is 44.9 Å². The van der Waals surface area contributed by atoms with E-state index in [1.54, 1.807) is 6.20 Å². The summed E-state index contributed by atoms with van der Waals surface area (Å²) in [6.45, 7) is 6.77. The lowest BCUT2D eigenvalue weighted by atomic mass is 10.1. The van der Waals surface area contributed by atoms with Gasteiger partial charge in [0.25, 0.3) is 0 Å². The van der Waals surface area contributed by atoms with Gasteiger partial charge < -0.3 is 14.7 Å². The number of piperidine rings is 1. The highest BCUT2D eigenvalue weighted by Crippen LogP contribution is 2.17. The fourth-order valence-corrected chi connectivity index (χ4v) is 3.47. The van der Waals surface area contributed by atoms with Gasteiger partial charge in [-0.25, -0.2) is 9.97 Å². The summed E-state index contributed by atoms with van der Waals surface area (Å²) in [5.74, 6) is 2.02. The maximum Gasteiger partial charge on any atom is 0.228 e. The highest BCUT2D eigenvalue weighted by atomic mass is 16.5. The van der Waals surface area contributed by atoms with Crippen LogP contribution >= 0.6 is 0 Å². The number of hydrogen-bond acceptors (Lipinski definition) is 8. The Labute approximate surface area is 164 Å². The van der Waals surface area contributed by atoms with Crippen LogP contribution in [0.2, 0.25) is 0 Å². The summed E-state index contributed by atoms with van der Waals surface area (Å²) in [7, 11) is 0. The third kappa shape index (κ3) is 4.51. The molecule has 1 aliphatic heterocycles. The Morgan fingerprint density at radius 3 is 2.61 bits per heavy atom. The Morgan fingerprint density at radius 1 is 1.11 bits per heavy atom. The molecule has 0 saturated carbocycles. The van der Waals surface area contributed by atoms with E-state index < -0.39 is 0 Å². The van der Waals surface area contributed by atoms with Crippen LogP contribution in [-0.4, -0.2) is 50.8 Å². The topological polar surface area (TPSA) is 92.9 Å². The van der Waals surface area contributed by atoms with Crippen LogP contribution in [0.5, 0.6) is 0 Å². The van der Waals surface area contributed by atoms with Gasteiger partial charge in [0.1, 0.15) is 5.69 Å². The Balaban J connectivity index is 1.23. The zero-order chi connectivity index (χ0) is 19.3. The van der Waals surface area contributed by atoms with Crippen LogP contribution in [0, 0.1) is 13.8 Å². The van der Waals surface area contributed by atoms with Crippen LogP contribution in [0.4, 0.5) is 5.95 Å². The lowest BCUT2D eigenvalue weighted by Crippen LogP contribution is -2.43. The molecule has 1 saturated heterocycles. The normalized spacial score (nSPS) is 15.1. The lowest BCUT2D eigenvalue weighted by molar-refractivity contribution is 0.363. The zero-order valence-electron chi connectivity index (χ0n) is 16.3. The van der Waals surface area contributed by atoms with Crippen molar-refractivity contribution in [1.82, 2.24) is 30.4 Å². The molecule has 8 heteroatoms. The molecule has 3 aromatic heterocycles. The van der Waals surface area contributed by atoms with Crippen molar-refractivity contribution < 1.29 is 4.52 Å². The van der Waals surface area contributed by atoms with Crippen molar-refractivity contribution in [2.75, 3.05) is 24.5 Å². The molecular weight excluding hydrogens is 354 g/mol. The molecule has 1 fully saturated rings. The number of pyridine rings is 1. The Morgan fingerprint density at radius 2 is 1.89 bits per heavy atom. The number of anilines is 1. The standard InChI is InChI=1S/C20H25N7O/c1-14-13-15(2)24-20(23-14)27-11-7-16(8-12-27)21-10-6-18-25-19(26-28-18)17-5-3-4-9-22-17/h3-5,9,13,16,21H,6-8,10-12H2,1-2H3. The number of hydrogen-bond donors (Lipinski definition) is 1. The van der Waals surface area contributed by atoms with Gasteiger partial charge in [0.05, 0.1) is 0 Å². The van der Waals surface area contributed by atoms with Gasteiger partial charge >= 0.3 is 0 Å².